The average Bonchev–Trinajstić information content (AvgIpc) is 2.27. The molecule has 0 fully saturated rings. The van der Waals surface area contributed by atoms with Crippen molar-refractivity contribution in [2.24, 2.45) is 0 Å². The molecule has 0 aliphatic rings. The van der Waals surface area contributed by atoms with Gasteiger partial charge in [0.15, 0.2) is 0 Å². The van der Waals surface area contributed by atoms with Crippen molar-refractivity contribution in [1.29, 1.82) is 0 Å². The van der Waals surface area contributed by atoms with E-state index in [9.17, 15) is 0 Å². The molecule has 0 saturated carbocycles. The highest BCUT2D eigenvalue weighted by molar-refractivity contribution is 5.27. The van der Waals surface area contributed by atoms with Gasteiger partial charge in [-0.1, -0.05) is 13.0 Å². The van der Waals surface area contributed by atoms with Gasteiger partial charge in [-0.05, 0) is 12.8 Å². The molecule has 0 unspecified atom stereocenters. The summed E-state index contributed by atoms with van der Waals surface area (Å²) in [5.74, 6) is 1.22. The zero-order valence-corrected chi connectivity index (χ0v) is 9.07. The smallest absolute Gasteiger partial charge is 0.225 e. The summed E-state index contributed by atoms with van der Waals surface area (Å²) in [5, 5.41) is 3.10. The van der Waals surface area contributed by atoms with Crippen molar-refractivity contribution in [2.75, 3.05) is 18.5 Å². The van der Waals surface area contributed by atoms with E-state index in [-0.39, 0.29) is 0 Å². The first-order valence-electron chi connectivity index (χ1n) is 5.17. The van der Waals surface area contributed by atoms with Gasteiger partial charge in [0, 0.05) is 18.8 Å². The number of rotatable bonds is 7. The van der Waals surface area contributed by atoms with Crippen molar-refractivity contribution in [2.45, 2.75) is 19.8 Å². The molecule has 0 amide bonds. The topological polar surface area (TPSA) is 47.0 Å². The number of nitrogens with one attached hydrogen (secondary N) is 1. The van der Waals surface area contributed by atoms with Crippen LogP contribution in [0.1, 0.15) is 19.8 Å². The monoisotopic (exact) mass is 207 g/mol. The predicted octanol–water partition coefficient (Wildman–Crippen LogP) is 2.25. The Morgan fingerprint density at radius 2 is 2.47 bits per heavy atom. The fraction of sp³-hybridized carbons (Fsp3) is 0.455. The Bertz CT molecular complexity index is 302. The first-order chi connectivity index (χ1) is 7.36. The molecule has 4 heteroatoms. The van der Waals surface area contributed by atoms with Crippen molar-refractivity contribution in [1.82, 2.24) is 9.97 Å². The summed E-state index contributed by atoms with van der Waals surface area (Å²) in [4.78, 5) is 8.29. The maximum atomic E-state index is 5.40. The Labute approximate surface area is 90.4 Å². The van der Waals surface area contributed by atoms with Crippen molar-refractivity contribution >= 4 is 5.95 Å². The lowest BCUT2D eigenvalue weighted by molar-refractivity contribution is 0.312. The van der Waals surface area contributed by atoms with E-state index >= 15 is 0 Å². The Hall–Kier alpha value is -1.58. The Balaban J connectivity index is 2.46. The number of nitrogens with zero attached hydrogens (tertiary/aromatic N) is 2. The summed E-state index contributed by atoms with van der Waals surface area (Å²) in [5.41, 5.74) is 0. The Kier molecular flexibility index (Phi) is 5.22. The molecule has 0 saturated heterocycles. The van der Waals surface area contributed by atoms with E-state index in [1.54, 1.807) is 12.3 Å². The van der Waals surface area contributed by atoms with Gasteiger partial charge in [-0.3, -0.25) is 0 Å². The summed E-state index contributed by atoms with van der Waals surface area (Å²) >= 11 is 0. The second kappa shape index (κ2) is 6.81. The molecule has 1 N–H and O–H groups in total. The van der Waals surface area contributed by atoms with Gasteiger partial charge in [-0.25, -0.2) is 4.98 Å². The molecular formula is C11H17N3O. The van der Waals surface area contributed by atoms with Crippen LogP contribution in [0.15, 0.2) is 24.9 Å². The van der Waals surface area contributed by atoms with Crippen LogP contribution in [0.25, 0.3) is 0 Å². The minimum Gasteiger partial charge on any atom is -0.477 e. The zero-order chi connectivity index (χ0) is 10.9. The van der Waals surface area contributed by atoms with Crippen LogP contribution in [0.5, 0.6) is 5.88 Å². The molecule has 1 aromatic heterocycles. The lowest BCUT2D eigenvalue weighted by Crippen LogP contribution is -2.05. The predicted molar refractivity (Wildman–Crippen MR) is 61.1 cm³/mol. The summed E-state index contributed by atoms with van der Waals surface area (Å²) < 4.78 is 5.40. The molecule has 0 aliphatic carbocycles. The fourth-order valence-corrected chi connectivity index (χ4v) is 0.991. The Morgan fingerprint density at radius 3 is 3.20 bits per heavy atom. The number of ether oxygens (including phenoxy) is 1. The molecule has 0 bridgehead atoms. The second-order valence-electron chi connectivity index (χ2n) is 3.07. The number of aromatic nitrogens is 2. The number of hydrogen-bond donors (Lipinski definition) is 1. The minimum atomic E-state index is 0.602. The highest BCUT2D eigenvalue weighted by Crippen LogP contribution is 2.08. The SMILES string of the molecule is C=CCCOc1ccnc(NCCC)n1. The summed E-state index contributed by atoms with van der Waals surface area (Å²) in [6.07, 6.45) is 5.37. The van der Waals surface area contributed by atoms with Crippen LogP contribution < -0.4 is 10.1 Å². The maximum absolute atomic E-state index is 5.40. The van der Waals surface area contributed by atoms with E-state index in [1.165, 1.54) is 0 Å². The van der Waals surface area contributed by atoms with Gasteiger partial charge in [0.1, 0.15) is 0 Å². The number of hydrogen-bond acceptors (Lipinski definition) is 4. The molecule has 82 valence electrons. The van der Waals surface area contributed by atoms with Crippen LogP contribution in [0.4, 0.5) is 5.95 Å². The van der Waals surface area contributed by atoms with E-state index in [0.717, 1.165) is 19.4 Å². The quantitative estimate of drug-likeness (QED) is 0.550. The lowest BCUT2D eigenvalue weighted by Gasteiger charge is -2.06. The third-order valence-electron chi connectivity index (χ3n) is 1.74. The van der Waals surface area contributed by atoms with E-state index in [4.69, 9.17) is 4.74 Å². The highest BCUT2D eigenvalue weighted by Gasteiger charge is 1.98. The molecule has 15 heavy (non-hydrogen) atoms. The average molecular weight is 207 g/mol. The van der Waals surface area contributed by atoms with E-state index in [2.05, 4.69) is 28.8 Å². The van der Waals surface area contributed by atoms with Crippen LogP contribution >= 0.6 is 0 Å². The number of anilines is 1. The molecule has 0 atom stereocenters. The third kappa shape index (κ3) is 4.44. The molecule has 1 aromatic rings. The van der Waals surface area contributed by atoms with Crippen molar-refractivity contribution in [3.63, 3.8) is 0 Å². The molecule has 0 spiro atoms. The van der Waals surface area contributed by atoms with Gasteiger partial charge in [0.2, 0.25) is 11.8 Å². The van der Waals surface area contributed by atoms with Gasteiger partial charge in [-0.15, -0.1) is 6.58 Å². The first-order valence-corrected chi connectivity index (χ1v) is 5.17. The summed E-state index contributed by atoms with van der Waals surface area (Å²) in [7, 11) is 0. The van der Waals surface area contributed by atoms with E-state index < -0.39 is 0 Å². The normalized spacial score (nSPS) is 9.67. The van der Waals surface area contributed by atoms with E-state index in [0.29, 0.717) is 18.4 Å². The maximum Gasteiger partial charge on any atom is 0.225 e. The molecule has 0 aliphatic heterocycles. The molecule has 4 nitrogen and oxygen atoms in total. The van der Waals surface area contributed by atoms with Crippen molar-refractivity contribution in [3.05, 3.63) is 24.9 Å². The standard InChI is InChI=1S/C11H17N3O/c1-3-5-9-15-10-6-8-13-11(14-10)12-7-4-2/h3,6,8H,1,4-5,7,9H2,2H3,(H,12,13,14). The lowest BCUT2D eigenvalue weighted by atomic mass is 10.4. The van der Waals surface area contributed by atoms with Crippen molar-refractivity contribution < 1.29 is 4.74 Å². The largest absolute Gasteiger partial charge is 0.477 e. The van der Waals surface area contributed by atoms with Crippen LogP contribution in [-0.2, 0) is 0 Å². The molecular weight excluding hydrogens is 190 g/mol. The molecule has 0 radical (unpaired) electrons. The van der Waals surface area contributed by atoms with E-state index in [1.807, 2.05) is 6.08 Å². The first kappa shape index (κ1) is 11.5. The van der Waals surface area contributed by atoms with Gasteiger partial charge >= 0.3 is 0 Å². The van der Waals surface area contributed by atoms with Gasteiger partial charge < -0.3 is 10.1 Å². The minimum absolute atomic E-state index is 0.602. The summed E-state index contributed by atoms with van der Waals surface area (Å²) in [6.45, 7) is 7.20. The zero-order valence-electron chi connectivity index (χ0n) is 9.07. The molecule has 1 rings (SSSR count). The molecule has 1 heterocycles. The summed E-state index contributed by atoms with van der Waals surface area (Å²) in [6, 6.07) is 1.75. The fourth-order valence-electron chi connectivity index (χ4n) is 0.991. The van der Waals surface area contributed by atoms with Gasteiger partial charge in [0.05, 0.1) is 6.61 Å². The van der Waals surface area contributed by atoms with Crippen LogP contribution in [-0.4, -0.2) is 23.1 Å². The Morgan fingerprint density at radius 1 is 1.60 bits per heavy atom. The molecule has 0 aromatic carbocycles. The van der Waals surface area contributed by atoms with Crippen LogP contribution in [0.2, 0.25) is 0 Å². The highest BCUT2D eigenvalue weighted by atomic mass is 16.5. The van der Waals surface area contributed by atoms with Gasteiger partial charge in [0.25, 0.3) is 0 Å². The third-order valence-corrected chi connectivity index (χ3v) is 1.74. The van der Waals surface area contributed by atoms with Crippen molar-refractivity contribution in [3.8, 4) is 5.88 Å². The second-order valence-corrected chi connectivity index (χ2v) is 3.07. The van der Waals surface area contributed by atoms with Crippen LogP contribution in [0.3, 0.4) is 0 Å². The van der Waals surface area contributed by atoms with Crippen LogP contribution in [0, 0.1) is 0 Å². The van der Waals surface area contributed by atoms with Gasteiger partial charge in [-0.2, -0.15) is 4.98 Å².